The van der Waals surface area contributed by atoms with Crippen LogP contribution in [-0.2, 0) is 4.74 Å². The van der Waals surface area contributed by atoms with E-state index in [-0.39, 0.29) is 0 Å². The first-order valence-electron chi connectivity index (χ1n) is 6.99. The maximum atomic E-state index is 6.10. The summed E-state index contributed by atoms with van der Waals surface area (Å²) in [4.78, 5) is 3.35. The van der Waals surface area contributed by atoms with Crippen LogP contribution in [0.4, 0.5) is 10.7 Å². The molecule has 0 unspecified atom stereocenters. The maximum Gasteiger partial charge on any atom is 0.0935 e. The third-order valence-corrected chi connectivity index (χ3v) is 5.21. The Morgan fingerprint density at radius 1 is 1.13 bits per heavy atom. The predicted octanol–water partition coefficient (Wildman–Crippen LogP) is 4.99. The van der Waals surface area contributed by atoms with Crippen LogP contribution in [0.15, 0.2) is 29.4 Å². The van der Waals surface area contributed by atoms with E-state index in [9.17, 15) is 0 Å². The number of hydrogen-bond donors (Lipinski definition) is 1. The first-order valence-corrected chi connectivity index (χ1v) is 8.94. The van der Waals surface area contributed by atoms with Crippen molar-refractivity contribution < 1.29 is 4.74 Å². The average molecular weight is 391 g/mol. The molecular formula is C15H14Cl3N3OS. The highest BCUT2D eigenvalue weighted by Gasteiger charge is 2.12. The Bertz CT molecular complexity index is 691. The largest absolute Gasteiger partial charge is 0.378 e. The van der Waals surface area contributed by atoms with Gasteiger partial charge in [-0.15, -0.1) is 11.3 Å². The van der Waals surface area contributed by atoms with Gasteiger partial charge in [0.1, 0.15) is 0 Å². The maximum absolute atomic E-state index is 6.10. The Labute approximate surface area is 153 Å². The van der Waals surface area contributed by atoms with Crippen LogP contribution < -0.4 is 10.3 Å². The lowest BCUT2D eigenvalue weighted by atomic mass is 10.3. The molecule has 1 aliphatic rings. The highest BCUT2D eigenvalue weighted by Crippen LogP contribution is 2.33. The second kappa shape index (κ2) is 7.73. The van der Waals surface area contributed by atoms with Gasteiger partial charge in [0.2, 0.25) is 0 Å². The number of anilines is 2. The van der Waals surface area contributed by atoms with Gasteiger partial charge in [0.15, 0.2) is 0 Å². The Hall–Kier alpha value is -0.980. The Morgan fingerprint density at radius 3 is 2.52 bits per heavy atom. The topological polar surface area (TPSA) is 36.9 Å². The molecule has 1 saturated heterocycles. The van der Waals surface area contributed by atoms with Crippen LogP contribution in [0.1, 0.15) is 4.88 Å². The number of nitrogens with zero attached hydrogens (tertiary/aromatic N) is 2. The summed E-state index contributed by atoms with van der Waals surface area (Å²) in [6.07, 6.45) is 1.75. The lowest BCUT2D eigenvalue weighted by Crippen LogP contribution is -2.35. The fraction of sp³-hybridized carbons (Fsp3) is 0.267. The smallest absolute Gasteiger partial charge is 0.0935 e. The molecule has 23 heavy (non-hydrogen) atoms. The normalized spacial score (nSPS) is 15.3. The summed E-state index contributed by atoms with van der Waals surface area (Å²) >= 11 is 19.8. The number of halogens is 3. The van der Waals surface area contributed by atoms with E-state index in [1.807, 2.05) is 6.07 Å². The van der Waals surface area contributed by atoms with Gasteiger partial charge in [-0.25, -0.2) is 0 Å². The molecule has 0 spiro atoms. The third kappa shape index (κ3) is 4.31. The molecule has 2 aromatic rings. The van der Waals surface area contributed by atoms with Gasteiger partial charge in [0, 0.05) is 23.0 Å². The summed E-state index contributed by atoms with van der Waals surface area (Å²) in [5, 5.41) is 6.77. The van der Waals surface area contributed by atoms with Crippen molar-refractivity contribution in [1.29, 1.82) is 0 Å². The minimum absolute atomic E-state index is 0.430. The molecule has 3 rings (SSSR count). The van der Waals surface area contributed by atoms with Gasteiger partial charge in [-0.05, 0) is 24.3 Å². The summed E-state index contributed by atoms with van der Waals surface area (Å²) in [6, 6.07) is 7.37. The van der Waals surface area contributed by atoms with Gasteiger partial charge in [0.25, 0.3) is 0 Å². The fourth-order valence-electron chi connectivity index (χ4n) is 2.17. The average Bonchev–Trinajstić information content (AvgIpc) is 2.99. The highest BCUT2D eigenvalue weighted by atomic mass is 35.5. The molecule has 4 nitrogen and oxygen atoms in total. The number of hydrazone groups is 1. The molecular weight excluding hydrogens is 377 g/mol. The second-order valence-corrected chi connectivity index (χ2v) is 7.23. The molecule has 0 saturated carbocycles. The van der Waals surface area contributed by atoms with E-state index in [0.717, 1.165) is 31.2 Å². The number of hydrogen-bond acceptors (Lipinski definition) is 5. The lowest BCUT2D eigenvalue weighted by molar-refractivity contribution is 0.123. The van der Waals surface area contributed by atoms with E-state index >= 15 is 0 Å². The van der Waals surface area contributed by atoms with Crippen LogP contribution >= 0.6 is 46.1 Å². The van der Waals surface area contributed by atoms with Crippen molar-refractivity contribution >= 4 is 63.0 Å². The molecule has 1 aromatic heterocycles. The van der Waals surface area contributed by atoms with Crippen molar-refractivity contribution in [3.8, 4) is 0 Å². The SMILES string of the molecule is Clc1cc(Cl)c(N/N=C/c2ccc(N3CCOCC3)s2)c(Cl)c1. The van der Waals surface area contributed by atoms with E-state index in [4.69, 9.17) is 39.5 Å². The summed E-state index contributed by atoms with van der Waals surface area (Å²) in [6.45, 7) is 3.39. The van der Waals surface area contributed by atoms with E-state index in [2.05, 4.69) is 21.5 Å². The van der Waals surface area contributed by atoms with Crippen LogP contribution in [-0.4, -0.2) is 32.5 Å². The van der Waals surface area contributed by atoms with E-state index in [0.29, 0.717) is 20.8 Å². The third-order valence-electron chi connectivity index (χ3n) is 3.31. The Morgan fingerprint density at radius 2 is 1.83 bits per heavy atom. The number of nitrogens with one attached hydrogen (secondary N) is 1. The van der Waals surface area contributed by atoms with Crippen molar-refractivity contribution in [3.05, 3.63) is 44.2 Å². The summed E-state index contributed by atoms with van der Waals surface area (Å²) in [5.74, 6) is 0. The van der Waals surface area contributed by atoms with Crippen molar-refractivity contribution in [2.24, 2.45) is 5.10 Å². The molecule has 122 valence electrons. The molecule has 1 N–H and O–H groups in total. The molecule has 1 aliphatic heterocycles. The molecule has 8 heteroatoms. The standard InChI is InChI=1S/C15H14Cl3N3OS/c16-10-7-12(17)15(13(18)8-10)20-19-9-11-1-2-14(23-11)21-3-5-22-6-4-21/h1-2,7-9,20H,3-6H2/b19-9+. The first kappa shape index (κ1) is 16.9. The Balaban J connectivity index is 1.66. The molecule has 0 atom stereocenters. The number of thiophene rings is 1. The van der Waals surface area contributed by atoms with E-state index in [1.165, 1.54) is 5.00 Å². The van der Waals surface area contributed by atoms with Gasteiger partial charge < -0.3 is 9.64 Å². The van der Waals surface area contributed by atoms with Crippen LogP contribution in [0.25, 0.3) is 0 Å². The zero-order valence-electron chi connectivity index (χ0n) is 12.1. The second-order valence-electron chi connectivity index (χ2n) is 4.89. The van der Waals surface area contributed by atoms with Crippen molar-refractivity contribution in [2.75, 3.05) is 36.6 Å². The molecule has 0 bridgehead atoms. The molecule has 0 amide bonds. The molecule has 0 aliphatic carbocycles. The van der Waals surface area contributed by atoms with Gasteiger partial charge >= 0.3 is 0 Å². The minimum Gasteiger partial charge on any atom is -0.378 e. The van der Waals surface area contributed by atoms with Gasteiger partial charge in [-0.2, -0.15) is 5.10 Å². The molecule has 2 heterocycles. The number of rotatable bonds is 4. The summed E-state index contributed by atoms with van der Waals surface area (Å²) in [5.41, 5.74) is 3.41. The molecule has 1 fully saturated rings. The lowest BCUT2D eigenvalue weighted by Gasteiger charge is -2.27. The van der Waals surface area contributed by atoms with Crippen molar-refractivity contribution in [3.63, 3.8) is 0 Å². The van der Waals surface area contributed by atoms with Crippen LogP contribution in [0.3, 0.4) is 0 Å². The predicted molar refractivity (Wildman–Crippen MR) is 100 cm³/mol. The zero-order valence-corrected chi connectivity index (χ0v) is 15.1. The van der Waals surface area contributed by atoms with Crippen LogP contribution in [0.5, 0.6) is 0 Å². The van der Waals surface area contributed by atoms with Crippen LogP contribution in [0.2, 0.25) is 15.1 Å². The first-order chi connectivity index (χ1) is 11.1. The minimum atomic E-state index is 0.430. The van der Waals surface area contributed by atoms with Crippen molar-refractivity contribution in [2.45, 2.75) is 0 Å². The summed E-state index contributed by atoms with van der Waals surface area (Å²) < 4.78 is 5.36. The monoisotopic (exact) mass is 389 g/mol. The highest BCUT2D eigenvalue weighted by molar-refractivity contribution is 7.17. The van der Waals surface area contributed by atoms with E-state index < -0.39 is 0 Å². The summed E-state index contributed by atoms with van der Waals surface area (Å²) in [7, 11) is 0. The van der Waals surface area contributed by atoms with Gasteiger partial charge in [0.05, 0.1) is 40.2 Å². The van der Waals surface area contributed by atoms with Gasteiger partial charge in [-0.1, -0.05) is 34.8 Å². The van der Waals surface area contributed by atoms with E-state index in [1.54, 1.807) is 29.7 Å². The fourth-order valence-corrected chi connectivity index (χ4v) is 4.01. The van der Waals surface area contributed by atoms with Crippen LogP contribution in [0, 0.1) is 0 Å². The number of morpholine rings is 1. The molecule has 0 radical (unpaired) electrons. The number of ether oxygens (including phenoxy) is 1. The van der Waals surface area contributed by atoms with Gasteiger partial charge in [-0.3, -0.25) is 5.43 Å². The van der Waals surface area contributed by atoms with Crippen molar-refractivity contribution in [1.82, 2.24) is 0 Å². The quantitative estimate of drug-likeness (QED) is 0.590. The zero-order chi connectivity index (χ0) is 16.2. The molecule has 1 aromatic carbocycles. The Kier molecular flexibility index (Phi) is 5.67. The number of benzene rings is 1.